The predicted molar refractivity (Wildman–Crippen MR) is 251 cm³/mol. The Labute approximate surface area is 375 Å². The molecule has 0 radical (unpaired) electrons. The molecule has 7 aromatic carbocycles. The summed E-state index contributed by atoms with van der Waals surface area (Å²) in [6.07, 6.45) is 0. The first-order valence-electron chi connectivity index (χ1n) is 18.9. The number of benzene rings is 7. The number of carbonyl (C=O) groups excluding carboxylic acids is 4. The number of nitrogens with zero attached hydrogens (tertiary/aromatic N) is 4. The Kier molecular flexibility index (Phi) is 8.35. The Morgan fingerprint density at radius 3 is 1.00 bits per heavy atom. The number of aromatic nitrogens is 2. The van der Waals surface area contributed by atoms with Crippen LogP contribution in [0.15, 0.2) is 139 Å². The summed E-state index contributed by atoms with van der Waals surface area (Å²) in [6.45, 7) is 3.56. The summed E-state index contributed by atoms with van der Waals surface area (Å²) in [5.41, 5.74) is 7.77. The van der Waals surface area contributed by atoms with Gasteiger partial charge >= 0.3 is 0 Å². The molecule has 60 heavy (non-hydrogen) atoms. The monoisotopic (exact) mass is 1040 g/mol. The molecular weight excluding hydrogens is 1020 g/mol. The van der Waals surface area contributed by atoms with Crippen molar-refractivity contribution < 1.29 is 19.2 Å². The lowest BCUT2D eigenvalue weighted by atomic mass is 10.1. The van der Waals surface area contributed by atoms with Gasteiger partial charge < -0.3 is 9.13 Å². The van der Waals surface area contributed by atoms with E-state index < -0.39 is 23.6 Å². The molecule has 0 unspecified atom stereocenters. The molecule has 9 aromatic rings. The first-order valence-corrected chi connectivity index (χ1v) is 22.0. The van der Waals surface area contributed by atoms with Gasteiger partial charge in [0.2, 0.25) is 0 Å². The zero-order valence-electron chi connectivity index (χ0n) is 31.5. The van der Waals surface area contributed by atoms with E-state index in [9.17, 15) is 19.2 Å². The summed E-state index contributed by atoms with van der Waals surface area (Å²) in [5, 5.41) is 3.97. The van der Waals surface area contributed by atoms with Crippen molar-refractivity contribution in [2.75, 3.05) is 9.80 Å². The number of hydrogen-bond donors (Lipinski definition) is 0. The van der Waals surface area contributed by atoms with Crippen LogP contribution < -0.4 is 9.80 Å². The minimum atomic E-state index is -0.458. The Morgan fingerprint density at radius 1 is 0.367 bits per heavy atom. The maximum absolute atomic E-state index is 14.7. The molecule has 0 spiro atoms. The van der Waals surface area contributed by atoms with Gasteiger partial charge in [0.25, 0.3) is 23.6 Å². The smallest absolute Gasteiger partial charge is 0.268 e. The van der Waals surface area contributed by atoms with Crippen molar-refractivity contribution in [3.05, 3.63) is 173 Å². The van der Waals surface area contributed by atoms with Gasteiger partial charge in [-0.2, -0.15) is 0 Å². The molecule has 2 aromatic heterocycles. The van der Waals surface area contributed by atoms with Crippen molar-refractivity contribution in [3.63, 3.8) is 0 Å². The fourth-order valence-corrected chi connectivity index (χ4v) is 10.5. The van der Waals surface area contributed by atoms with E-state index in [1.165, 1.54) is 9.80 Å². The molecule has 2 aliphatic rings. The van der Waals surface area contributed by atoms with E-state index >= 15 is 0 Å². The molecule has 4 amide bonds. The van der Waals surface area contributed by atoms with Gasteiger partial charge in [0.05, 0.1) is 67.1 Å². The SMILES string of the molecule is Cc1cc(N2C(=O)c3cccc(-n4c5ccc(Br)cc5c5cc(Br)ccc54)c3C2=O)c(C)cc1N1C(=O)c2cccc(-n3c4ccc(Br)cc4c4cc(Br)ccc43)c2C1=O. The van der Waals surface area contributed by atoms with Crippen LogP contribution in [0.5, 0.6) is 0 Å². The number of hydrogen-bond acceptors (Lipinski definition) is 4. The third-order valence-corrected chi connectivity index (χ3v) is 13.6. The van der Waals surface area contributed by atoms with Gasteiger partial charge in [0.15, 0.2) is 0 Å². The molecule has 12 heteroatoms. The lowest BCUT2D eigenvalue weighted by Gasteiger charge is -2.22. The zero-order valence-corrected chi connectivity index (χ0v) is 37.8. The molecule has 0 saturated heterocycles. The van der Waals surface area contributed by atoms with Crippen LogP contribution in [0.1, 0.15) is 52.6 Å². The van der Waals surface area contributed by atoms with Crippen LogP contribution in [-0.2, 0) is 0 Å². The van der Waals surface area contributed by atoms with Crippen molar-refractivity contribution in [1.82, 2.24) is 9.13 Å². The van der Waals surface area contributed by atoms with Crippen molar-refractivity contribution in [3.8, 4) is 11.4 Å². The van der Waals surface area contributed by atoms with Gasteiger partial charge in [0.1, 0.15) is 0 Å². The number of carbonyl (C=O) groups is 4. The standard InChI is InChI=1S/C48H26Br4N4O4/c1-23-17-42(56-46(58)30-6-4-8-40(44(30)48(56)60)54-37-15-11-27(51)21-33(37)34-22-28(52)12-16-38(34)54)24(2)18-41(23)55-45(57)29-5-3-7-39(43(29)47(55)59)53-35-13-9-25(49)19-31(35)32-20-26(50)10-14-36(32)53/h3-22H,1-2H3. The van der Waals surface area contributed by atoms with Crippen LogP contribution >= 0.6 is 63.7 Å². The Balaban J connectivity index is 1.00. The largest absolute Gasteiger partial charge is 0.308 e. The van der Waals surface area contributed by atoms with Crippen LogP contribution in [0, 0.1) is 13.8 Å². The number of amides is 4. The van der Waals surface area contributed by atoms with E-state index in [1.807, 2.05) is 69.8 Å². The molecule has 0 aliphatic carbocycles. The normalized spacial score (nSPS) is 13.9. The second-order valence-electron chi connectivity index (χ2n) is 15.0. The average Bonchev–Trinajstić information content (AvgIpc) is 3.89. The molecule has 4 heterocycles. The number of aryl methyl sites for hydroxylation is 2. The lowest BCUT2D eigenvalue weighted by molar-refractivity contribution is 0.0909. The van der Waals surface area contributed by atoms with Gasteiger partial charge in [-0.15, -0.1) is 0 Å². The maximum atomic E-state index is 14.7. The van der Waals surface area contributed by atoms with Crippen LogP contribution in [0.4, 0.5) is 11.4 Å². The number of halogens is 4. The topological polar surface area (TPSA) is 84.6 Å². The fourth-order valence-electron chi connectivity index (χ4n) is 9.07. The van der Waals surface area contributed by atoms with E-state index in [0.29, 0.717) is 56.1 Å². The van der Waals surface area contributed by atoms with E-state index in [4.69, 9.17) is 0 Å². The second-order valence-corrected chi connectivity index (χ2v) is 18.7. The molecule has 0 fully saturated rings. The highest BCUT2D eigenvalue weighted by atomic mass is 79.9. The third-order valence-electron chi connectivity index (χ3n) is 11.6. The number of rotatable bonds is 4. The number of fused-ring (bicyclic) bond motifs is 8. The van der Waals surface area contributed by atoms with Crippen LogP contribution in [0.3, 0.4) is 0 Å². The number of anilines is 2. The maximum Gasteiger partial charge on any atom is 0.268 e. The van der Waals surface area contributed by atoms with Crippen molar-refractivity contribution in [2.45, 2.75) is 13.8 Å². The van der Waals surface area contributed by atoms with Crippen molar-refractivity contribution >= 4 is 142 Å². The minimum absolute atomic E-state index is 0.292. The summed E-state index contributed by atoms with van der Waals surface area (Å²) < 4.78 is 7.76. The predicted octanol–water partition coefficient (Wildman–Crippen LogP) is 13.1. The first kappa shape index (κ1) is 37.3. The first-order chi connectivity index (χ1) is 28.9. The summed E-state index contributed by atoms with van der Waals surface area (Å²) >= 11 is 14.5. The van der Waals surface area contributed by atoms with Crippen molar-refractivity contribution in [1.29, 1.82) is 0 Å². The quantitative estimate of drug-likeness (QED) is 0.164. The Morgan fingerprint density at radius 2 is 0.683 bits per heavy atom. The molecule has 2 aliphatic heterocycles. The summed E-state index contributed by atoms with van der Waals surface area (Å²) in [5.74, 6) is -1.82. The molecule has 0 saturated carbocycles. The fraction of sp³-hybridized carbons (Fsp3) is 0.0417. The molecule has 0 N–H and O–H groups in total. The number of imide groups is 2. The summed E-state index contributed by atoms with van der Waals surface area (Å²) in [6, 6.07) is 38.2. The Bertz CT molecular complexity index is 3160. The zero-order chi connectivity index (χ0) is 41.5. The molecular formula is C48H26Br4N4O4. The minimum Gasteiger partial charge on any atom is -0.308 e. The van der Waals surface area contributed by atoms with Crippen LogP contribution in [0.25, 0.3) is 55.0 Å². The second kappa shape index (κ2) is 13.4. The molecule has 8 nitrogen and oxygen atoms in total. The molecule has 290 valence electrons. The molecule has 0 bridgehead atoms. The van der Waals surface area contributed by atoms with Gasteiger partial charge in [-0.25, -0.2) is 9.80 Å². The lowest BCUT2D eigenvalue weighted by Crippen LogP contribution is -2.32. The summed E-state index contributed by atoms with van der Waals surface area (Å²) in [7, 11) is 0. The molecule has 0 atom stereocenters. The van der Waals surface area contributed by atoms with Crippen LogP contribution in [-0.4, -0.2) is 32.8 Å². The van der Waals surface area contributed by atoms with Gasteiger partial charge in [-0.05, 0) is 134 Å². The van der Waals surface area contributed by atoms with Gasteiger partial charge in [-0.1, -0.05) is 75.9 Å². The van der Waals surface area contributed by atoms with Crippen LogP contribution in [0.2, 0.25) is 0 Å². The highest BCUT2D eigenvalue weighted by Crippen LogP contribution is 2.43. The summed E-state index contributed by atoms with van der Waals surface area (Å²) in [4.78, 5) is 60.5. The third kappa shape index (κ3) is 5.23. The van der Waals surface area contributed by atoms with E-state index in [1.54, 1.807) is 50.2 Å². The van der Waals surface area contributed by atoms with E-state index in [0.717, 1.165) is 61.5 Å². The van der Waals surface area contributed by atoms with E-state index in [2.05, 4.69) is 88.0 Å². The highest BCUT2D eigenvalue weighted by Gasteiger charge is 2.43. The van der Waals surface area contributed by atoms with Gasteiger partial charge in [-0.3, -0.25) is 19.2 Å². The van der Waals surface area contributed by atoms with Gasteiger partial charge in [0, 0.05) is 39.4 Å². The Hall–Kier alpha value is -5.66. The average molecular weight is 1040 g/mol. The molecule has 11 rings (SSSR count). The highest BCUT2D eigenvalue weighted by molar-refractivity contribution is 9.11. The van der Waals surface area contributed by atoms with Crippen molar-refractivity contribution in [2.24, 2.45) is 0 Å². The van der Waals surface area contributed by atoms with E-state index in [-0.39, 0.29) is 0 Å².